The quantitative estimate of drug-likeness (QED) is 0.348. The van der Waals surface area contributed by atoms with Gasteiger partial charge >= 0.3 is 0 Å². The SMILES string of the molecule is O=CC(C(=O)c1ccccc1)C(F)C(c1ccccc1)c1ccccc1. The molecule has 0 heterocycles. The van der Waals surface area contributed by atoms with Crippen molar-refractivity contribution in [3.8, 4) is 0 Å². The second-order valence-corrected chi connectivity index (χ2v) is 6.14. The number of hydrogen-bond donors (Lipinski definition) is 0. The molecule has 3 rings (SSSR count). The Morgan fingerprint density at radius 3 is 1.58 bits per heavy atom. The summed E-state index contributed by atoms with van der Waals surface area (Å²) in [6.07, 6.45) is -1.23. The first-order valence-electron chi connectivity index (χ1n) is 8.51. The van der Waals surface area contributed by atoms with Crippen LogP contribution < -0.4 is 0 Å². The lowest BCUT2D eigenvalue weighted by molar-refractivity contribution is -0.111. The first-order valence-corrected chi connectivity index (χ1v) is 8.51. The molecule has 3 aromatic carbocycles. The van der Waals surface area contributed by atoms with E-state index >= 15 is 4.39 Å². The third-order valence-electron chi connectivity index (χ3n) is 4.49. The van der Waals surface area contributed by atoms with E-state index in [0.717, 1.165) is 11.1 Å². The second-order valence-electron chi connectivity index (χ2n) is 6.14. The summed E-state index contributed by atoms with van der Waals surface area (Å²) in [6, 6.07) is 26.7. The molecule has 0 N–H and O–H groups in total. The molecule has 0 saturated carbocycles. The van der Waals surface area contributed by atoms with Crippen molar-refractivity contribution < 1.29 is 14.0 Å². The van der Waals surface area contributed by atoms with Gasteiger partial charge in [0.15, 0.2) is 5.78 Å². The number of halogens is 1. The third-order valence-corrected chi connectivity index (χ3v) is 4.49. The van der Waals surface area contributed by atoms with Crippen LogP contribution in [0.15, 0.2) is 91.0 Å². The monoisotopic (exact) mass is 346 g/mol. The lowest BCUT2D eigenvalue weighted by Gasteiger charge is -2.25. The molecule has 3 aromatic rings. The molecule has 0 amide bonds. The Morgan fingerprint density at radius 2 is 1.15 bits per heavy atom. The minimum Gasteiger partial charge on any atom is -0.302 e. The fourth-order valence-electron chi connectivity index (χ4n) is 3.16. The zero-order chi connectivity index (χ0) is 18.4. The number of carbonyl (C=O) groups excluding carboxylic acids is 2. The Labute approximate surface area is 152 Å². The summed E-state index contributed by atoms with van der Waals surface area (Å²) in [5, 5.41) is 0. The Kier molecular flexibility index (Phi) is 5.69. The maximum atomic E-state index is 15.6. The van der Waals surface area contributed by atoms with Crippen molar-refractivity contribution in [1.82, 2.24) is 0 Å². The van der Waals surface area contributed by atoms with E-state index < -0.39 is 23.8 Å². The maximum Gasteiger partial charge on any atom is 0.176 e. The van der Waals surface area contributed by atoms with Crippen molar-refractivity contribution in [2.75, 3.05) is 0 Å². The molecule has 2 nitrogen and oxygen atoms in total. The molecule has 3 heteroatoms. The normalized spacial score (nSPS) is 13.2. The van der Waals surface area contributed by atoms with Gasteiger partial charge in [-0.15, -0.1) is 0 Å². The van der Waals surface area contributed by atoms with Crippen molar-refractivity contribution in [2.45, 2.75) is 12.1 Å². The molecule has 0 aliphatic carbocycles. The summed E-state index contributed by atoms with van der Waals surface area (Å²) in [5.74, 6) is -2.55. The summed E-state index contributed by atoms with van der Waals surface area (Å²) in [5.41, 5.74) is 1.81. The highest BCUT2D eigenvalue weighted by molar-refractivity contribution is 6.05. The molecular formula is C23H19FO2. The van der Waals surface area contributed by atoms with E-state index in [1.165, 1.54) is 0 Å². The first-order chi connectivity index (χ1) is 12.7. The van der Waals surface area contributed by atoms with Crippen molar-refractivity contribution in [1.29, 1.82) is 0 Å². The molecule has 26 heavy (non-hydrogen) atoms. The Bertz CT molecular complexity index is 808. The molecule has 0 spiro atoms. The number of rotatable bonds is 7. The Hall–Kier alpha value is -3.07. The van der Waals surface area contributed by atoms with E-state index in [2.05, 4.69) is 0 Å². The lowest BCUT2D eigenvalue weighted by atomic mass is 9.80. The number of aldehydes is 1. The number of Topliss-reactive ketones (excluding diaryl/α,β-unsaturated/α-hetero) is 1. The van der Waals surface area contributed by atoms with E-state index in [9.17, 15) is 9.59 Å². The molecule has 0 aromatic heterocycles. The minimum absolute atomic E-state index is 0.340. The van der Waals surface area contributed by atoms with Gasteiger partial charge in [-0.05, 0) is 11.1 Å². The van der Waals surface area contributed by atoms with Gasteiger partial charge in [0.05, 0.1) is 0 Å². The van der Waals surface area contributed by atoms with Gasteiger partial charge < -0.3 is 4.79 Å². The van der Waals surface area contributed by atoms with Crippen LogP contribution in [-0.4, -0.2) is 18.2 Å². The number of hydrogen-bond acceptors (Lipinski definition) is 2. The van der Waals surface area contributed by atoms with Crippen molar-refractivity contribution in [3.05, 3.63) is 108 Å². The smallest absolute Gasteiger partial charge is 0.176 e. The molecule has 130 valence electrons. The standard InChI is InChI=1S/C23H19FO2/c24-22(20(16-25)23(26)19-14-8-3-9-15-19)21(17-10-4-1-5-11-17)18-12-6-2-7-13-18/h1-16,20-22H. The minimum atomic E-state index is -1.66. The molecule has 0 radical (unpaired) electrons. The Morgan fingerprint density at radius 1 is 0.731 bits per heavy atom. The van der Waals surface area contributed by atoms with E-state index in [1.807, 2.05) is 60.7 Å². The zero-order valence-electron chi connectivity index (χ0n) is 14.2. The molecule has 2 atom stereocenters. The fourth-order valence-corrected chi connectivity index (χ4v) is 3.16. The largest absolute Gasteiger partial charge is 0.302 e. The van der Waals surface area contributed by atoms with Gasteiger partial charge in [0.25, 0.3) is 0 Å². The van der Waals surface area contributed by atoms with Crippen LogP contribution in [0, 0.1) is 5.92 Å². The fraction of sp³-hybridized carbons (Fsp3) is 0.130. The van der Waals surface area contributed by atoms with Crippen LogP contribution >= 0.6 is 0 Å². The summed E-state index contributed by atoms with van der Waals surface area (Å²) >= 11 is 0. The number of benzene rings is 3. The molecular weight excluding hydrogens is 327 g/mol. The second kappa shape index (κ2) is 8.34. The van der Waals surface area contributed by atoms with Gasteiger partial charge in [-0.25, -0.2) is 4.39 Å². The number of carbonyl (C=O) groups is 2. The van der Waals surface area contributed by atoms with Crippen LogP contribution in [0.1, 0.15) is 27.4 Å². The van der Waals surface area contributed by atoms with E-state index in [1.54, 1.807) is 30.3 Å². The zero-order valence-corrected chi connectivity index (χ0v) is 14.2. The molecule has 0 fully saturated rings. The van der Waals surface area contributed by atoms with Crippen LogP contribution in [0.25, 0.3) is 0 Å². The van der Waals surface area contributed by atoms with Crippen molar-refractivity contribution >= 4 is 12.1 Å². The highest BCUT2D eigenvalue weighted by Crippen LogP contribution is 2.34. The van der Waals surface area contributed by atoms with Gasteiger partial charge in [0, 0.05) is 11.5 Å². The van der Waals surface area contributed by atoms with E-state index in [4.69, 9.17) is 0 Å². The molecule has 0 saturated heterocycles. The number of alkyl halides is 1. The van der Waals surface area contributed by atoms with E-state index in [-0.39, 0.29) is 0 Å². The van der Waals surface area contributed by atoms with Crippen molar-refractivity contribution in [3.63, 3.8) is 0 Å². The summed E-state index contributed by atoms with van der Waals surface area (Å²) in [7, 11) is 0. The summed E-state index contributed by atoms with van der Waals surface area (Å²) in [4.78, 5) is 24.4. The lowest BCUT2D eigenvalue weighted by Crippen LogP contribution is -2.32. The first kappa shape index (κ1) is 17.7. The number of ketones is 1. The summed E-state index contributed by atoms with van der Waals surface area (Å²) < 4.78 is 15.6. The average Bonchev–Trinajstić information content (AvgIpc) is 2.71. The van der Waals surface area contributed by atoms with Gasteiger partial charge in [-0.1, -0.05) is 91.0 Å². The molecule has 2 unspecified atom stereocenters. The van der Waals surface area contributed by atoms with Crippen LogP contribution in [0.3, 0.4) is 0 Å². The Balaban J connectivity index is 2.00. The van der Waals surface area contributed by atoms with Crippen LogP contribution in [-0.2, 0) is 4.79 Å². The topological polar surface area (TPSA) is 34.1 Å². The van der Waals surface area contributed by atoms with Crippen molar-refractivity contribution in [2.24, 2.45) is 5.92 Å². The third kappa shape index (κ3) is 3.77. The molecule has 0 aliphatic rings. The van der Waals surface area contributed by atoms with Gasteiger partial charge in [-0.3, -0.25) is 4.79 Å². The van der Waals surface area contributed by atoms with Gasteiger partial charge in [-0.2, -0.15) is 0 Å². The van der Waals surface area contributed by atoms with E-state index in [0.29, 0.717) is 11.8 Å². The predicted octanol–water partition coefficient (Wildman–Crippen LogP) is 4.85. The van der Waals surface area contributed by atoms with Crippen LogP contribution in [0.2, 0.25) is 0 Å². The maximum absolute atomic E-state index is 15.6. The van der Waals surface area contributed by atoms with Crippen LogP contribution in [0.5, 0.6) is 0 Å². The molecule has 0 bridgehead atoms. The van der Waals surface area contributed by atoms with Gasteiger partial charge in [0.2, 0.25) is 0 Å². The average molecular weight is 346 g/mol. The highest BCUT2D eigenvalue weighted by atomic mass is 19.1. The highest BCUT2D eigenvalue weighted by Gasteiger charge is 2.36. The van der Waals surface area contributed by atoms with Gasteiger partial charge in [0.1, 0.15) is 18.4 Å². The molecule has 0 aliphatic heterocycles. The van der Waals surface area contributed by atoms with Crippen LogP contribution in [0.4, 0.5) is 4.39 Å². The summed E-state index contributed by atoms with van der Waals surface area (Å²) in [6.45, 7) is 0. The predicted molar refractivity (Wildman–Crippen MR) is 99.9 cm³/mol.